The highest BCUT2D eigenvalue weighted by Crippen LogP contribution is 2.28. The summed E-state index contributed by atoms with van der Waals surface area (Å²) in [7, 11) is 0. The van der Waals surface area contributed by atoms with Gasteiger partial charge in [-0.3, -0.25) is 9.48 Å². The Bertz CT molecular complexity index is 983. The smallest absolute Gasteiger partial charge is 0.258 e. The van der Waals surface area contributed by atoms with Crippen molar-refractivity contribution in [3.63, 3.8) is 0 Å². The van der Waals surface area contributed by atoms with Crippen LogP contribution in [0.25, 0.3) is 5.52 Å². The molecule has 0 saturated heterocycles. The van der Waals surface area contributed by atoms with Gasteiger partial charge in [-0.15, -0.1) is 0 Å². The Kier molecular flexibility index (Phi) is 3.20. The molecule has 25 heavy (non-hydrogen) atoms. The Hall–Kier alpha value is -2.63. The van der Waals surface area contributed by atoms with Gasteiger partial charge in [0.25, 0.3) is 5.91 Å². The molecule has 0 fully saturated rings. The van der Waals surface area contributed by atoms with Crippen LogP contribution in [-0.2, 0) is 25.9 Å². The summed E-state index contributed by atoms with van der Waals surface area (Å²) >= 11 is 0. The number of fused-ring (bicyclic) bond motifs is 4. The van der Waals surface area contributed by atoms with Gasteiger partial charge in [0.2, 0.25) is 0 Å². The molecule has 1 aliphatic carbocycles. The molecule has 0 N–H and O–H groups in total. The van der Waals surface area contributed by atoms with Crippen LogP contribution >= 0.6 is 0 Å². The molecular weight excluding hydrogens is 314 g/mol. The van der Waals surface area contributed by atoms with Gasteiger partial charge in [0.15, 0.2) is 0 Å². The van der Waals surface area contributed by atoms with Gasteiger partial charge in [-0.2, -0.15) is 10.2 Å². The van der Waals surface area contributed by atoms with Gasteiger partial charge in [-0.25, -0.2) is 4.52 Å². The van der Waals surface area contributed by atoms with Crippen molar-refractivity contribution in [2.75, 3.05) is 6.54 Å². The molecule has 6 nitrogen and oxygen atoms in total. The van der Waals surface area contributed by atoms with E-state index in [1.54, 1.807) is 4.52 Å². The van der Waals surface area contributed by atoms with Crippen molar-refractivity contribution in [1.29, 1.82) is 0 Å². The van der Waals surface area contributed by atoms with Gasteiger partial charge in [-0.1, -0.05) is 6.07 Å². The Labute approximate surface area is 146 Å². The molecule has 128 valence electrons. The average Bonchev–Trinajstić information content (AvgIpc) is 3.17. The first-order chi connectivity index (χ1) is 12.2. The fourth-order valence-corrected chi connectivity index (χ4v) is 4.22. The quantitative estimate of drug-likeness (QED) is 0.686. The summed E-state index contributed by atoms with van der Waals surface area (Å²) in [6.07, 6.45) is 6.53. The largest absolute Gasteiger partial charge is 0.331 e. The molecule has 0 radical (unpaired) electrons. The molecule has 0 spiro atoms. The lowest BCUT2D eigenvalue weighted by atomic mass is 9.95. The van der Waals surface area contributed by atoms with Gasteiger partial charge in [-0.05, 0) is 50.3 Å². The summed E-state index contributed by atoms with van der Waals surface area (Å²) < 4.78 is 3.92. The van der Waals surface area contributed by atoms with E-state index < -0.39 is 0 Å². The van der Waals surface area contributed by atoms with Crippen molar-refractivity contribution in [1.82, 2.24) is 24.3 Å². The van der Waals surface area contributed by atoms with Crippen molar-refractivity contribution >= 4 is 11.4 Å². The summed E-state index contributed by atoms with van der Waals surface area (Å²) in [5.74, 6) is 0.0794. The lowest BCUT2D eigenvalue weighted by Gasteiger charge is -2.28. The van der Waals surface area contributed by atoms with Crippen LogP contribution in [0.4, 0.5) is 0 Å². The number of rotatable bonds is 1. The van der Waals surface area contributed by atoms with E-state index in [1.807, 2.05) is 36.2 Å². The van der Waals surface area contributed by atoms with E-state index in [1.165, 1.54) is 29.8 Å². The van der Waals surface area contributed by atoms with Gasteiger partial charge in [0, 0.05) is 12.7 Å². The first-order valence-electron chi connectivity index (χ1n) is 9.03. The van der Waals surface area contributed by atoms with Crippen LogP contribution in [0.3, 0.4) is 0 Å². The third-order valence-corrected chi connectivity index (χ3v) is 5.48. The maximum atomic E-state index is 13.2. The Balaban J connectivity index is 1.51. The summed E-state index contributed by atoms with van der Waals surface area (Å²) in [6.45, 7) is 4.06. The Morgan fingerprint density at radius 1 is 1.12 bits per heavy atom. The second-order valence-electron chi connectivity index (χ2n) is 7.02. The highest BCUT2D eigenvalue weighted by molar-refractivity contribution is 6.02. The topological polar surface area (TPSA) is 55.4 Å². The van der Waals surface area contributed by atoms with E-state index in [0.717, 1.165) is 36.2 Å². The highest BCUT2D eigenvalue weighted by atomic mass is 16.2. The molecule has 0 unspecified atom stereocenters. The first-order valence-corrected chi connectivity index (χ1v) is 9.03. The van der Waals surface area contributed by atoms with Gasteiger partial charge in [0.05, 0.1) is 41.3 Å². The normalized spacial score (nSPS) is 16.8. The van der Waals surface area contributed by atoms with Gasteiger partial charge >= 0.3 is 0 Å². The summed E-state index contributed by atoms with van der Waals surface area (Å²) in [5.41, 5.74) is 6.28. The van der Waals surface area contributed by atoms with E-state index in [0.29, 0.717) is 13.1 Å². The molecule has 0 atom stereocenters. The van der Waals surface area contributed by atoms with E-state index in [2.05, 4.69) is 9.78 Å². The molecule has 1 aliphatic heterocycles. The number of amides is 1. The Morgan fingerprint density at radius 3 is 2.92 bits per heavy atom. The van der Waals surface area contributed by atoms with Crippen LogP contribution in [0.1, 0.15) is 45.8 Å². The monoisotopic (exact) mass is 335 g/mol. The minimum atomic E-state index is 0.0794. The van der Waals surface area contributed by atoms with E-state index in [9.17, 15) is 4.79 Å². The maximum absolute atomic E-state index is 13.2. The summed E-state index contributed by atoms with van der Waals surface area (Å²) in [6, 6.07) is 5.84. The number of nitrogens with zero attached hydrogens (tertiary/aromatic N) is 5. The maximum Gasteiger partial charge on any atom is 0.258 e. The number of aryl methyl sites for hydroxylation is 2. The van der Waals surface area contributed by atoms with Gasteiger partial charge < -0.3 is 4.90 Å². The van der Waals surface area contributed by atoms with E-state index in [4.69, 9.17) is 5.10 Å². The molecule has 3 aromatic rings. The number of pyridine rings is 1. The molecule has 4 heterocycles. The number of carbonyl (C=O) groups excluding carboxylic acids is 1. The molecule has 2 aliphatic rings. The molecule has 6 heteroatoms. The van der Waals surface area contributed by atoms with Crippen LogP contribution in [0.15, 0.2) is 24.4 Å². The van der Waals surface area contributed by atoms with Crippen molar-refractivity contribution in [2.24, 2.45) is 0 Å². The number of aromatic nitrogens is 4. The molecule has 0 bridgehead atoms. The second-order valence-corrected chi connectivity index (χ2v) is 7.02. The van der Waals surface area contributed by atoms with Crippen LogP contribution in [0.2, 0.25) is 0 Å². The Morgan fingerprint density at radius 2 is 2.00 bits per heavy atom. The van der Waals surface area contributed by atoms with E-state index in [-0.39, 0.29) is 5.91 Å². The SMILES string of the molecule is Cc1nn2ccccc2c1C(=O)N1CCn2nc3c(c2C1)CCCC3. The lowest BCUT2D eigenvalue weighted by Crippen LogP contribution is -2.39. The second kappa shape index (κ2) is 5.44. The fourth-order valence-electron chi connectivity index (χ4n) is 4.22. The summed E-state index contributed by atoms with van der Waals surface area (Å²) in [5, 5.41) is 9.26. The minimum absolute atomic E-state index is 0.0794. The first kappa shape index (κ1) is 14.7. The third-order valence-electron chi connectivity index (χ3n) is 5.48. The van der Waals surface area contributed by atoms with Crippen molar-refractivity contribution in [3.8, 4) is 0 Å². The molecular formula is C19H21N5O. The number of hydrogen-bond donors (Lipinski definition) is 0. The molecule has 5 rings (SSSR count). The molecule has 0 aromatic carbocycles. The molecule has 1 amide bonds. The zero-order valence-electron chi connectivity index (χ0n) is 14.4. The zero-order valence-corrected chi connectivity index (χ0v) is 14.4. The predicted molar refractivity (Wildman–Crippen MR) is 93.5 cm³/mol. The predicted octanol–water partition coefficient (Wildman–Crippen LogP) is 2.37. The van der Waals surface area contributed by atoms with Gasteiger partial charge in [0.1, 0.15) is 0 Å². The van der Waals surface area contributed by atoms with Crippen LogP contribution < -0.4 is 0 Å². The molecule has 0 saturated carbocycles. The number of carbonyl (C=O) groups is 1. The average molecular weight is 335 g/mol. The van der Waals surface area contributed by atoms with Crippen LogP contribution in [0, 0.1) is 6.92 Å². The van der Waals surface area contributed by atoms with Crippen molar-refractivity contribution < 1.29 is 4.79 Å². The standard InChI is InChI=1S/C19H21N5O/c1-13-18(16-8-4-5-9-23(16)20-13)19(25)22-10-11-24-17(12-22)14-6-2-3-7-15(14)21-24/h4-5,8-9H,2-3,6-7,10-12H2,1H3. The van der Waals surface area contributed by atoms with Crippen molar-refractivity contribution in [2.45, 2.75) is 45.7 Å². The molecule has 3 aromatic heterocycles. The van der Waals surface area contributed by atoms with E-state index >= 15 is 0 Å². The summed E-state index contributed by atoms with van der Waals surface area (Å²) in [4.78, 5) is 15.2. The number of hydrogen-bond acceptors (Lipinski definition) is 3. The third kappa shape index (κ3) is 2.20. The van der Waals surface area contributed by atoms with Crippen LogP contribution in [0.5, 0.6) is 0 Å². The van der Waals surface area contributed by atoms with Crippen molar-refractivity contribution in [3.05, 3.63) is 52.6 Å². The zero-order chi connectivity index (χ0) is 17.0. The lowest BCUT2D eigenvalue weighted by molar-refractivity contribution is 0.0706. The fraction of sp³-hybridized carbons (Fsp3) is 0.421. The highest BCUT2D eigenvalue weighted by Gasteiger charge is 2.30. The van der Waals surface area contributed by atoms with Crippen LogP contribution in [-0.4, -0.2) is 36.7 Å². The minimum Gasteiger partial charge on any atom is -0.331 e.